The van der Waals surface area contributed by atoms with Gasteiger partial charge in [-0.05, 0) is 33.0 Å². The summed E-state index contributed by atoms with van der Waals surface area (Å²) in [7, 11) is 2.20. The number of likely N-dealkylation sites (tertiary alicyclic amines) is 1. The van der Waals surface area contributed by atoms with E-state index in [9.17, 15) is 0 Å². The van der Waals surface area contributed by atoms with Crippen LogP contribution in [0.3, 0.4) is 0 Å². The molecule has 2 saturated heterocycles. The van der Waals surface area contributed by atoms with Crippen molar-refractivity contribution >= 4 is 0 Å². The molecule has 1 atom stereocenters. The Labute approximate surface area is 98.9 Å². The van der Waals surface area contributed by atoms with Gasteiger partial charge < -0.3 is 19.9 Å². The van der Waals surface area contributed by atoms with Gasteiger partial charge in [-0.25, -0.2) is 0 Å². The van der Waals surface area contributed by atoms with E-state index in [-0.39, 0.29) is 0 Å². The average molecular weight is 227 g/mol. The van der Waals surface area contributed by atoms with E-state index in [1.165, 1.54) is 39.0 Å². The molecule has 0 aromatic carbocycles. The second kappa shape index (κ2) is 6.55. The Bertz CT molecular complexity index is 189. The molecular weight excluding hydrogens is 202 g/mol. The van der Waals surface area contributed by atoms with Crippen molar-refractivity contribution in [2.24, 2.45) is 0 Å². The van der Waals surface area contributed by atoms with Gasteiger partial charge >= 0.3 is 0 Å². The molecule has 0 spiro atoms. The molecule has 2 aliphatic rings. The number of nitrogens with one attached hydrogen (secondary N) is 1. The minimum atomic E-state index is 0.386. The van der Waals surface area contributed by atoms with Crippen molar-refractivity contribution in [3.05, 3.63) is 0 Å². The molecule has 4 nitrogen and oxygen atoms in total. The Morgan fingerprint density at radius 2 is 2.19 bits per heavy atom. The summed E-state index contributed by atoms with van der Waals surface area (Å²) in [5, 5.41) is 3.38. The van der Waals surface area contributed by atoms with E-state index in [0.717, 1.165) is 26.2 Å². The third-order valence-corrected chi connectivity index (χ3v) is 3.52. The maximum absolute atomic E-state index is 5.70. The third kappa shape index (κ3) is 4.01. The van der Waals surface area contributed by atoms with Crippen molar-refractivity contribution in [1.29, 1.82) is 0 Å². The van der Waals surface area contributed by atoms with Gasteiger partial charge in [-0.1, -0.05) is 0 Å². The van der Waals surface area contributed by atoms with Crippen molar-refractivity contribution in [3.8, 4) is 0 Å². The first-order valence-corrected chi connectivity index (χ1v) is 6.58. The molecule has 0 aliphatic carbocycles. The van der Waals surface area contributed by atoms with Crippen LogP contribution >= 0.6 is 0 Å². The maximum atomic E-state index is 5.70. The molecule has 94 valence electrons. The second-order valence-corrected chi connectivity index (χ2v) is 5.01. The molecule has 0 amide bonds. The van der Waals surface area contributed by atoms with E-state index in [1.54, 1.807) is 0 Å². The molecule has 0 saturated carbocycles. The molecule has 2 fully saturated rings. The van der Waals surface area contributed by atoms with Crippen molar-refractivity contribution in [2.45, 2.75) is 18.9 Å². The molecule has 2 aliphatic heterocycles. The molecule has 1 N–H and O–H groups in total. The SMILES string of the molecule is CN(CCN1CCCC1)CC1CNCCO1. The van der Waals surface area contributed by atoms with Gasteiger partial charge in [0.05, 0.1) is 12.7 Å². The summed E-state index contributed by atoms with van der Waals surface area (Å²) in [5.41, 5.74) is 0. The summed E-state index contributed by atoms with van der Waals surface area (Å²) in [5.74, 6) is 0. The van der Waals surface area contributed by atoms with Crippen LogP contribution in [0.2, 0.25) is 0 Å². The lowest BCUT2D eigenvalue weighted by atomic mass is 10.3. The van der Waals surface area contributed by atoms with E-state index in [4.69, 9.17) is 4.74 Å². The van der Waals surface area contributed by atoms with E-state index < -0.39 is 0 Å². The van der Waals surface area contributed by atoms with Gasteiger partial charge in [-0.2, -0.15) is 0 Å². The topological polar surface area (TPSA) is 27.7 Å². The van der Waals surface area contributed by atoms with Crippen molar-refractivity contribution in [3.63, 3.8) is 0 Å². The molecule has 1 unspecified atom stereocenters. The van der Waals surface area contributed by atoms with Crippen molar-refractivity contribution in [2.75, 3.05) is 59.5 Å². The van der Waals surface area contributed by atoms with Crippen LogP contribution in [0.4, 0.5) is 0 Å². The number of hydrogen-bond acceptors (Lipinski definition) is 4. The van der Waals surface area contributed by atoms with E-state index in [2.05, 4.69) is 22.2 Å². The smallest absolute Gasteiger partial charge is 0.0826 e. The summed E-state index contributed by atoms with van der Waals surface area (Å²) in [6.07, 6.45) is 3.16. The first-order chi connectivity index (χ1) is 7.84. The number of ether oxygens (including phenoxy) is 1. The Morgan fingerprint density at radius 1 is 1.38 bits per heavy atom. The number of likely N-dealkylation sites (N-methyl/N-ethyl adjacent to an activating group) is 1. The normalized spacial score (nSPS) is 27.8. The van der Waals surface area contributed by atoms with E-state index in [1.807, 2.05) is 0 Å². The molecule has 16 heavy (non-hydrogen) atoms. The molecule has 4 heteroatoms. The van der Waals surface area contributed by atoms with Gasteiger partial charge in [0.2, 0.25) is 0 Å². The molecular formula is C12H25N3O. The third-order valence-electron chi connectivity index (χ3n) is 3.52. The summed E-state index contributed by atoms with van der Waals surface area (Å²) < 4.78 is 5.70. The van der Waals surface area contributed by atoms with Crippen LogP contribution < -0.4 is 5.32 Å². The zero-order valence-corrected chi connectivity index (χ0v) is 10.5. The standard InChI is InChI=1S/C12H25N3O/c1-14(7-8-15-5-2-3-6-15)11-12-10-13-4-9-16-12/h12-13H,2-11H2,1H3. The molecule has 2 rings (SSSR count). The Kier molecular flexibility index (Phi) is 5.03. The zero-order chi connectivity index (χ0) is 11.2. The van der Waals surface area contributed by atoms with Crippen LogP contribution in [-0.4, -0.2) is 75.4 Å². The lowest BCUT2D eigenvalue weighted by Gasteiger charge is -2.29. The summed E-state index contributed by atoms with van der Waals surface area (Å²) in [4.78, 5) is 4.96. The van der Waals surface area contributed by atoms with Crippen LogP contribution in [0, 0.1) is 0 Å². The molecule has 0 aromatic heterocycles. The molecule has 0 bridgehead atoms. The second-order valence-electron chi connectivity index (χ2n) is 5.01. The highest BCUT2D eigenvalue weighted by Crippen LogP contribution is 2.06. The predicted octanol–water partition coefficient (Wildman–Crippen LogP) is 0.00240. The van der Waals surface area contributed by atoms with Crippen LogP contribution in [-0.2, 0) is 4.74 Å². The number of hydrogen-bond donors (Lipinski definition) is 1. The van der Waals surface area contributed by atoms with Gasteiger partial charge in [0.1, 0.15) is 0 Å². The van der Waals surface area contributed by atoms with Crippen LogP contribution in [0.25, 0.3) is 0 Å². The van der Waals surface area contributed by atoms with Gasteiger partial charge in [-0.3, -0.25) is 0 Å². The lowest BCUT2D eigenvalue weighted by Crippen LogP contribution is -2.45. The van der Waals surface area contributed by atoms with Gasteiger partial charge in [-0.15, -0.1) is 0 Å². The highest BCUT2D eigenvalue weighted by molar-refractivity contribution is 4.72. The van der Waals surface area contributed by atoms with Crippen molar-refractivity contribution < 1.29 is 4.74 Å². The highest BCUT2D eigenvalue weighted by atomic mass is 16.5. The van der Waals surface area contributed by atoms with Gasteiger partial charge in [0.15, 0.2) is 0 Å². The largest absolute Gasteiger partial charge is 0.374 e. The minimum Gasteiger partial charge on any atom is -0.374 e. The summed E-state index contributed by atoms with van der Waals surface area (Å²) >= 11 is 0. The van der Waals surface area contributed by atoms with E-state index >= 15 is 0 Å². The van der Waals surface area contributed by atoms with Crippen LogP contribution in [0.5, 0.6) is 0 Å². The number of rotatable bonds is 5. The Balaban J connectivity index is 1.57. The lowest BCUT2D eigenvalue weighted by molar-refractivity contribution is 0.00912. The monoisotopic (exact) mass is 227 g/mol. The fraction of sp³-hybridized carbons (Fsp3) is 1.00. The highest BCUT2D eigenvalue weighted by Gasteiger charge is 2.16. The quantitative estimate of drug-likeness (QED) is 0.716. The maximum Gasteiger partial charge on any atom is 0.0826 e. The summed E-state index contributed by atoms with van der Waals surface area (Å²) in [6, 6.07) is 0. The van der Waals surface area contributed by atoms with Gasteiger partial charge in [0.25, 0.3) is 0 Å². The Morgan fingerprint density at radius 3 is 2.88 bits per heavy atom. The first kappa shape index (κ1) is 12.3. The minimum absolute atomic E-state index is 0.386. The number of morpholine rings is 1. The molecule has 0 aromatic rings. The predicted molar refractivity (Wildman–Crippen MR) is 65.8 cm³/mol. The zero-order valence-electron chi connectivity index (χ0n) is 10.5. The van der Waals surface area contributed by atoms with Crippen LogP contribution in [0.15, 0.2) is 0 Å². The fourth-order valence-electron chi connectivity index (χ4n) is 2.49. The number of nitrogens with zero attached hydrogens (tertiary/aromatic N) is 2. The van der Waals surface area contributed by atoms with Crippen molar-refractivity contribution in [1.82, 2.24) is 15.1 Å². The average Bonchev–Trinajstić information content (AvgIpc) is 2.81. The molecule has 0 radical (unpaired) electrons. The fourth-order valence-corrected chi connectivity index (χ4v) is 2.49. The van der Waals surface area contributed by atoms with Crippen LogP contribution in [0.1, 0.15) is 12.8 Å². The molecule has 2 heterocycles. The van der Waals surface area contributed by atoms with E-state index in [0.29, 0.717) is 6.10 Å². The first-order valence-electron chi connectivity index (χ1n) is 6.58. The Hall–Kier alpha value is -0.160. The summed E-state index contributed by atoms with van der Waals surface area (Å²) in [6.45, 7) is 8.93. The van der Waals surface area contributed by atoms with Gasteiger partial charge in [0, 0.05) is 32.7 Å².